The predicted molar refractivity (Wildman–Crippen MR) is 68.5 cm³/mol. The second-order valence-electron chi connectivity index (χ2n) is 5.73. The van der Waals surface area contributed by atoms with Crippen molar-refractivity contribution in [3.63, 3.8) is 0 Å². The first kappa shape index (κ1) is 12.3. The first-order valence-electron chi connectivity index (χ1n) is 6.90. The average Bonchev–Trinajstić information content (AvgIpc) is 2.58. The van der Waals surface area contributed by atoms with Crippen LogP contribution in [-0.4, -0.2) is 54.6 Å². The van der Waals surface area contributed by atoms with Crippen molar-refractivity contribution in [1.29, 1.82) is 0 Å². The summed E-state index contributed by atoms with van der Waals surface area (Å²) in [7, 11) is 0. The number of hydrogen-bond donors (Lipinski definition) is 1. The van der Waals surface area contributed by atoms with Crippen molar-refractivity contribution in [2.24, 2.45) is 11.7 Å². The van der Waals surface area contributed by atoms with E-state index < -0.39 is 0 Å². The molecular weight excluding hydrogens is 198 g/mol. The van der Waals surface area contributed by atoms with Crippen molar-refractivity contribution < 1.29 is 0 Å². The zero-order valence-electron chi connectivity index (χ0n) is 10.9. The minimum Gasteiger partial charge on any atom is -0.329 e. The van der Waals surface area contributed by atoms with E-state index in [2.05, 4.69) is 23.6 Å². The molecule has 94 valence electrons. The molecule has 3 heteroatoms. The Hall–Kier alpha value is -0.120. The maximum Gasteiger partial charge on any atom is 0.0242 e. The zero-order chi connectivity index (χ0) is 11.5. The van der Waals surface area contributed by atoms with Crippen LogP contribution in [0.3, 0.4) is 0 Å². The van der Waals surface area contributed by atoms with Crippen molar-refractivity contribution in [3.8, 4) is 0 Å². The fourth-order valence-electron chi connectivity index (χ4n) is 3.38. The first-order chi connectivity index (χ1) is 7.72. The second kappa shape index (κ2) is 5.48. The van der Waals surface area contributed by atoms with Crippen LogP contribution in [-0.2, 0) is 0 Å². The Bertz CT molecular complexity index is 217. The molecule has 0 aromatic carbocycles. The topological polar surface area (TPSA) is 32.5 Å². The van der Waals surface area contributed by atoms with Crippen LogP contribution in [0, 0.1) is 5.92 Å². The molecule has 2 unspecified atom stereocenters. The molecule has 2 heterocycles. The third kappa shape index (κ3) is 2.58. The molecule has 2 N–H and O–H groups in total. The summed E-state index contributed by atoms with van der Waals surface area (Å²) in [5, 5.41) is 0. The summed E-state index contributed by atoms with van der Waals surface area (Å²) < 4.78 is 0. The molecule has 2 saturated heterocycles. The Morgan fingerprint density at radius 1 is 1.19 bits per heavy atom. The number of fused-ring (bicyclic) bond motifs is 1. The van der Waals surface area contributed by atoms with Gasteiger partial charge < -0.3 is 5.73 Å². The van der Waals surface area contributed by atoms with Gasteiger partial charge >= 0.3 is 0 Å². The largest absolute Gasteiger partial charge is 0.329 e. The summed E-state index contributed by atoms with van der Waals surface area (Å²) >= 11 is 0. The van der Waals surface area contributed by atoms with E-state index in [1.807, 2.05) is 0 Å². The number of rotatable bonds is 3. The normalized spacial score (nSPS) is 30.4. The molecule has 0 aromatic rings. The molecule has 0 spiro atoms. The lowest BCUT2D eigenvalue weighted by Crippen LogP contribution is -2.47. The van der Waals surface area contributed by atoms with Gasteiger partial charge in [0.15, 0.2) is 0 Å². The Labute approximate surface area is 100.0 Å². The molecule has 0 amide bonds. The lowest BCUT2D eigenvalue weighted by atomic mass is 10.0. The van der Waals surface area contributed by atoms with E-state index in [9.17, 15) is 0 Å². The van der Waals surface area contributed by atoms with Crippen LogP contribution in [0.4, 0.5) is 0 Å². The van der Waals surface area contributed by atoms with Crippen LogP contribution in [0.25, 0.3) is 0 Å². The molecule has 0 bridgehead atoms. The SMILES string of the molecule is CC(C)C(CN)N1CCCN2CCCC2C1. The summed E-state index contributed by atoms with van der Waals surface area (Å²) in [6, 6.07) is 1.40. The lowest BCUT2D eigenvalue weighted by Gasteiger charge is -2.34. The molecular formula is C13H27N3. The van der Waals surface area contributed by atoms with E-state index in [0.29, 0.717) is 12.0 Å². The van der Waals surface area contributed by atoms with Gasteiger partial charge in [-0.05, 0) is 44.8 Å². The molecule has 2 aliphatic rings. The molecule has 2 atom stereocenters. The highest BCUT2D eigenvalue weighted by atomic mass is 15.3. The zero-order valence-corrected chi connectivity index (χ0v) is 10.9. The standard InChI is InChI=1S/C13H27N3/c1-11(2)13(9-14)16-8-4-7-15-6-3-5-12(15)10-16/h11-13H,3-10,14H2,1-2H3. The molecule has 3 nitrogen and oxygen atoms in total. The summed E-state index contributed by atoms with van der Waals surface area (Å²) in [5.41, 5.74) is 5.94. The fourth-order valence-corrected chi connectivity index (χ4v) is 3.38. The highest BCUT2D eigenvalue weighted by Gasteiger charge is 2.31. The second-order valence-corrected chi connectivity index (χ2v) is 5.73. The van der Waals surface area contributed by atoms with Crippen LogP contribution >= 0.6 is 0 Å². The van der Waals surface area contributed by atoms with Crippen molar-refractivity contribution in [2.75, 3.05) is 32.7 Å². The monoisotopic (exact) mass is 225 g/mol. The van der Waals surface area contributed by atoms with Crippen LogP contribution in [0.5, 0.6) is 0 Å². The van der Waals surface area contributed by atoms with E-state index >= 15 is 0 Å². The van der Waals surface area contributed by atoms with Gasteiger partial charge in [0, 0.05) is 25.2 Å². The predicted octanol–water partition coefficient (Wildman–Crippen LogP) is 1.14. The molecule has 2 aliphatic heterocycles. The third-order valence-corrected chi connectivity index (χ3v) is 4.32. The quantitative estimate of drug-likeness (QED) is 0.782. The molecule has 0 aromatic heterocycles. The van der Waals surface area contributed by atoms with Gasteiger partial charge in [0.05, 0.1) is 0 Å². The van der Waals surface area contributed by atoms with Crippen LogP contribution < -0.4 is 5.73 Å². The van der Waals surface area contributed by atoms with Gasteiger partial charge in [-0.15, -0.1) is 0 Å². The van der Waals surface area contributed by atoms with Gasteiger partial charge in [0.2, 0.25) is 0 Å². The Balaban J connectivity index is 1.99. The van der Waals surface area contributed by atoms with E-state index in [1.165, 1.54) is 45.4 Å². The summed E-state index contributed by atoms with van der Waals surface area (Å²) in [5.74, 6) is 0.679. The van der Waals surface area contributed by atoms with E-state index in [1.54, 1.807) is 0 Å². The average molecular weight is 225 g/mol. The Morgan fingerprint density at radius 2 is 1.94 bits per heavy atom. The maximum absolute atomic E-state index is 5.94. The minimum atomic E-state index is 0.584. The van der Waals surface area contributed by atoms with Crippen molar-refractivity contribution in [1.82, 2.24) is 9.80 Å². The van der Waals surface area contributed by atoms with Crippen molar-refractivity contribution in [2.45, 2.75) is 45.2 Å². The Morgan fingerprint density at radius 3 is 2.62 bits per heavy atom. The van der Waals surface area contributed by atoms with Crippen molar-refractivity contribution in [3.05, 3.63) is 0 Å². The number of nitrogens with zero attached hydrogens (tertiary/aromatic N) is 2. The highest BCUT2D eigenvalue weighted by Crippen LogP contribution is 2.23. The molecule has 0 saturated carbocycles. The van der Waals surface area contributed by atoms with Gasteiger partial charge in [-0.3, -0.25) is 9.80 Å². The van der Waals surface area contributed by atoms with Gasteiger partial charge in [0.1, 0.15) is 0 Å². The Kier molecular flexibility index (Phi) is 4.22. The number of nitrogens with two attached hydrogens (primary N) is 1. The molecule has 0 aliphatic carbocycles. The molecule has 2 rings (SSSR count). The van der Waals surface area contributed by atoms with Gasteiger partial charge in [-0.25, -0.2) is 0 Å². The summed E-state index contributed by atoms with van der Waals surface area (Å²) in [6.45, 7) is 10.5. The maximum atomic E-state index is 5.94. The number of hydrogen-bond acceptors (Lipinski definition) is 3. The molecule has 16 heavy (non-hydrogen) atoms. The first-order valence-corrected chi connectivity index (χ1v) is 6.90. The minimum absolute atomic E-state index is 0.584. The molecule has 2 fully saturated rings. The smallest absolute Gasteiger partial charge is 0.0242 e. The van der Waals surface area contributed by atoms with Crippen molar-refractivity contribution >= 4 is 0 Å². The summed E-state index contributed by atoms with van der Waals surface area (Å²) in [6.07, 6.45) is 4.11. The van der Waals surface area contributed by atoms with Gasteiger partial charge in [0.25, 0.3) is 0 Å². The van der Waals surface area contributed by atoms with E-state index in [4.69, 9.17) is 5.73 Å². The van der Waals surface area contributed by atoms with Crippen LogP contribution in [0.1, 0.15) is 33.1 Å². The molecule has 0 radical (unpaired) electrons. The summed E-state index contributed by atoms with van der Waals surface area (Å²) in [4.78, 5) is 5.34. The van der Waals surface area contributed by atoms with Crippen LogP contribution in [0.15, 0.2) is 0 Å². The van der Waals surface area contributed by atoms with E-state index in [-0.39, 0.29) is 0 Å². The third-order valence-electron chi connectivity index (χ3n) is 4.32. The fraction of sp³-hybridized carbons (Fsp3) is 1.00. The van der Waals surface area contributed by atoms with Crippen LogP contribution in [0.2, 0.25) is 0 Å². The van der Waals surface area contributed by atoms with E-state index in [0.717, 1.165) is 12.6 Å². The lowest BCUT2D eigenvalue weighted by molar-refractivity contribution is 0.144. The van der Waals surface area contributed by atoms with Gasteiger partial charge in [-0.1, -0.05) is 13.8 Å². The van der Waals surface area contributed by atoms with Gasteiger partial charge in [-0.2, -0.15) is 0 Å². The highest BCUT2D eigenvalue weighted by molar-refractivity contribution is 4.88.